The second-order valence-corrected chi connectivity index (χ2v) is 7.20. The highest BCUT2D eigenvalue weighted by molar-refractivity contribution is 7.89. The number of hydrogen-bond donors (Lipinski definition) is 1. The quantitative estimate of drug-likeness (QED) is 0.909. The summed E-state index contributed by atoms with van der Waals surface area (Å²) in [6.07, 6.45) is 0. The van der Waals surface area contributed by atoms with Gasteiger partial charge in [-0.3, -0.25) is 0 Å². The molecule has 2 atom stereocenters. The molecule has 0 saturated carbocycles. The molecule has 1 saturated heterocycles. The first-order valence-electron chi connectivity index (χ1n) is 6.70. The minimum Gasteiger partial charge on any atom is -0.432 e. The van der Waals surface area contributed by atoms with Gasteiger partial charge >= 0.3 is 6.61 Å². The molecule has 9 heteroatoms. The van der Waals surface area contributed by atoms with Crippen molar-refractivity contribution < 1.29 is 26.3 Å². The summed E-state index contributed by atoms with van der Waals surface area (Å²) in [5.74, 6) is -1.83. The van der Waals surface area contributed by atoms with Crippen LogP contribution in [0, 0.1) is 5.82 Å². The smallest absolute Gasteiger partial charge is 0.387 e. The molecule has 1 aromatic rings. The van der Waals surface area contributed by atoms with Crippen LogP contribution in [0.4, 0.5) is 13.2 Å². The van der Waals surface area contributed by atoms with Crippen LogP contribution in [0.2, 0.25) is 0 Å². The average Bonchev–Trinajstić information content (AvgIpc) is 2.39. The van der Waals surface area contributed by atoms with E-state index in [0.29, 0.717) is 6.07 Å². The molecular weight excluding hydrogens is 321 g/mol. The molecule has 124 valence electrons. The summed E-state index contributed by atoms with van der Waals surface area (Å²) >= 11 is 0. The normalized spacial score (nSPS) is 23.7. The van der Waals surface area contributed by atoms with Gasteiger partial charge in [-0.25, -0.2) is 12.8 Å². The summed E-state index contributed by atoms with van der Waals surface area (Å²) in [5.41, 5.74) is 0. The van der Waals surface area contributed by atoms with E-state index < -0.39 is 28.2 Å². The molecule has 0 aliphatic carbocycles. The van der Waals surface area contributed by atoms with Crippen molar-refractivity contribution in [3.05, 3.63) is 24.0 Å². The predicted molar refractivity (Wildman–Crippen MR) is 73.9 cm³/mol. The van der Waals surface area contributed by atoms with Crippen LogP contribution in [0.5, 0.6) is 5.75 Å². The van der Waals surface area contributed by atoms with Gasteiger partial charge in [-0.1, -0.05) is 0 Å². The molecule has 1 N–H and O–H groups in total. The zero-order valence-corrected chi connectivity index (χ0v) is 12.9. The Morgan fingerprint density at radius 3 is 2.36 bits per heavy atom. The third-order valence-corrected chi connectivity index (χ3v) is 5.11. The van der Waals surface area contributed by atoms with E-state index in [2.05, 4.69) is 10.1 Å². The first-order valence-corrected chi connectivity index (χ1v) is 8.14. The van der Waals surface area contributed by atoms with Gasteiger partial charge in [0.25, 0.3) is 0 Å². The van der Waals surface area contributed by atoms with Crippen molar-refractivity contribution in [1.29, 1.82) is 0 Å². The van der Waals surface area contributed by atoms with Crippen molar-refractivity contribution in [3.63, 3.8) is 0 Å². The Labute approximate surface area is 127 Å². The summed E-state index contributed by atoms with van der Waals surface area (Å²) in [4.78, 5) is -0.284. The maximum Gasteiger partial charge on any atom is 0.387 e. The standard InChI is InChI=1S/C13H17F3N2O3S/c1-8-6-18(7-9(2)17-8)22(19,20)10-3-4-12(11(14)5-10)21-13(15)16/h3-5,8-9,13,17H,6-7H2,1-2H3. The molecule has 1 heterocycles. The van der Waals surface area contributed by atoms with Gasteiger partial charge in [0.05, 0.1) is 4.90 Å². The van der Waals surface area contributed by atoms with Crippen LogP contribution in [0.25, 0.3) is 0 Å². The van der Waals surface area contributed by atoms with Crippen molar-refractivity contribution in [2.24, 2.45) is 0 Å². The topological polar surface area (TPSA) is 58.6 Å². The number of alkyl halides is 2. The molecular formula is C13H17F3N2O3S. The Morgan fingerprint density at radius 1 is 1.27 bits per heavy atom. The van der Waals surface area contributed by atoms with Crippen molar-refractivity contribution in [2.45, 2.75) is 37.4 Å². The largest absolute Gasteiger partial charge is 0.432 e. The Bertz CT molecular complexity index is 629. The van der Waals surface area contributed by atoms with E-state index in [1.165, 1.54) is 4.31 Å². The number of nitrogens with zero attached hydrogens (tertiary/aromatic N) is 1. The molecule has 0 amide bonds. The van der Waals surface area contributed by atoms with Gasteiger partial charge in [0.1, 0.15) is 0 Å². The molecule has 0 radical (unpaired) electrons. The molecule has 22 heavy (non-hydrogen) atoms. The number of halogens is 3. The Kier molecular flexibility index (Phi) is 4.98. The number of benzene rings is 1. The highest BCUT2D eigenvalue weighted by Crippen LogP contribution is 2.25. The molecule has 2 unspecified atom stereocenters. The average molecular weight is 338 g/mol. The monoisotopic (exact) mass is 338 g/mol. The minimum atomic E-state index is -3.89. The van der Waals surface area contributed by atoms with Crippen LogP contribution >= 0.6 is 0 Å². The van der Waals surface area contributed by atoms with Crippen molar-refractivity contribution >= 4 is 10.0 Å². The third-order valence-electron chi connectivity index (χ3n) is 3.28. The van der Waals surface area contributed by atoms with E-state index >= 15 is 0 Å². The fourth-order valence-corrected chi connectivity index (χ4v) is 4.09. The van der Waals surface area contributed by atoms with E-state index in [-0.39, 0.29) is 30.1 Å². The van der Waals surface area contributed by atoms with Gasteiger partial charge in [0, 0.05) is 25.2 Å². The number of rotatable bonds is 4. The number of hydrogen-bond acceptors (Lipinski definition) is 4. The fraction of sp³-hybridized carbons (Fsp3) is 0.538. The van der Waals surface area contributed by atoms with Gasteiger partial charge < -0.3 is 10.1 Å². The van der Waals surface area contributed by atoms with Gasteiger partial charge in [-0.2, -0.15) is 13.1 Å². The van der Waals surface area contributed by atoms with Crippen molar-refractivity contribution in [3.8, 4) is 5.75 Å². The van der Waals surface area contributed by atoms with Crippen LogP contribution in [0.15, 0.2) is 23.1 Å². The van der Waals surface area contributed by atoms with Crippen LogP contribution in [0.3, 0.4) is 0 Å². The van der Waals surface area contributed by atoms with Crippen LogP contribution in [-0.4, -0.2) is 44.5 Å². The van der Waals surface area contributed by atoms with Crippen LogP contribution < -0.4 is 10.1 Å². The first-order chi connectivity index (χ1) is 10.2. The molecule has 1 fully saturated rings. The molecule has 1 aliphatic heterocycles. The lowest BCUT2D eigenvalue weighted by atomic mass is 10.2. The molecule has 1 aliphatic rings. The van der Waals surface area contributed by atoms with E-state index in [1.54, 1.807) is 0 Å². The van der Waals surface area contributed by atoms with Crippen LogP contribution in [0.1, 0.15) is 13.8 Å². The van der Waals surface area contributed by atoms with Crippen molar-refractivity contribution in [2.75, 3.05) is 13.1 Å². The fourth-order valence-electron chi connectivity index (χ4n) is 2.46. The molecule has 2 rings (SSSR count). The van der Waals surface area contributed by atoms with Gasteiger partial charge in [-0.05, 0) is 32.0 Å². The summed E-state index contributed by atoms with van der Waals surface area (Å²) in [6.45, 7) is 1.02. The van der Waals surface area contributed by atoms with Gasteiger partial charge in [-0.15, -0.1) is 0 Å². The third kappa shape index (κ3) is 3.71. The van der Waals surface area contributed by atoms with E-state index in [9.17, 15) is 21.6 Å². The van der Waals surface area contributed by atoms with Gasteiger partial charge in [0.15, 0.2) is 11.6 Å². The second-order valence-electron chi connectivity index (χ2n) is 5.26. The highest BCUT2D eigenvalue weighted by Gasteiger charge is 2.31. The lowest BCUT2D eigenvalue weighted by Crippen LogP contribution is -2.55. The summed E-state index contributed by atoms with van der Waals surface area (Å²) < 4.78 is 68.1. The lowest BCUT2D eigenvalue weighted by Gasteiger charge is -2.35. The highest BCUT2D eigenvalue weighted by atomic mass is 32.2. The molecule has 0 bridgehead atoms. The predicted octanol–water partition coefficient (Wildman–Crippen LogP) is 1.80. The molecule has 1 aromatic carbocycles. The Balaban J connectivity index is 2.28. The number of piperazine rings is 1. The lowest BCUT2D eigenvalue weighted by molar-refractivity contribution is -0.0522. The van der Waals surface area contributed by atoms with E-state index in [0.717, 1.165) is 12.1 Å². The summed E-state index contributed by atoms with van der Waals surface area (Å²) in [7, 11) is -3.89. The first kappa shape index (κ1) is 17.0. The van der Waals surface area contributed by atoms with E-state index in [4.69, 9.17) is 0 Å². The number of ether oxygens (including phenoxy) is 1. The molecule has 0 aromatic heterocycles. The SMILES string of the molecule is CC1CN(S(=O)(=O)c2ccc(OC(F)F)c(F)c2)CC(C)N1. The number of nitrogens with one attached hydrogen (secondary N) is 1. The maximum atomic E-state index is 13.7. The summed E-state index contributed by atoms with van der Waals surface area (Å²) in [6, 6.07) is 2.58. The zero-order valence-electron chi connectivity index (χ0n) is 12.1. The maximum absolute atomic E-state index is 13.7. The van der Waals surface area contributed by atoms with E-state index in [1.807, 2.05) is 13.8 Å². The Hall–Kier alpha value is -1.32. The number of sulfonamides is 1. The van der Waals surface area contributed by atoms with Gasteiger partial charge in [0.2, 0.25) is 10.0 Å². The summed E-state index contributed by atoms with van der Waals surface area (Å²) in [5, 5.41) is 3.19. The van der Waals surface area contributed by atoms with Crippen LogP contribution in [-0.2, 0) is 10.0 Å². The molecule has 5 nitrogen and oxygen atoms in total. The minimum absolute atomic E-state index is 0.0372. The Morgan fingerprint density at radius 2 is 1.86 bits per heavy atom. The molecule has 0 spiro atoms. The van der Waals surface area contributed by atoms with Crippen molar-refractivity contribution in [1.82, 2.24) is 9.62 Å². The second kappa shape index (κ2) is 6.43. The zero-order chi connectivity index (χ0) is 16.5.